The Balaban J connectivity index is 2.26. The van der Waals surface area contributed by atoms with Crippen LogP contribution in [0.3, 0.4) is 0 Å². The number of rotatable bonds is 9. The average Bonchev–Trinajstić information content (AvgIpc) is 2.81. The van der Waals surface area contributed by atoms with Crippen molar-refractivity contribution in [2.75, 3.05) is 6.61 Å². The second kappa shape index (κ2) is 13.1. The second-order valence-electron chi connectivity index (χ2n) is 9.18. The van der Waals surface area contributed by atoms with Crippen molar-refractivity contribution < 1.29 is 14.3 Å². The minimum Gasteiger partial charge on any atom is -0.450 e. The van der Waals surface area contributed by atoms with Gasteiger partial charge in [0.15, 0.2) is 0 Å². The standard InChI is InChI=1S/C27H34N4O3/c1-5-34-26(33)31-24(21-14-10-7-11-15-21)30-23(18-27(2,3)4)25(32)29-22(19-28)17-16-20-12-8-6-9-13-20/h6-15,22-23H,5,16-18H2,1-4H3,(H,29,32)(H,30,31,33). The Bertz CT molecular complexity index is 992. The van der Waals surface area contributed by atoms with Gasteiger partial charge >= 0.3 is 6.09 Å². The molecule has 180 valence electrons. The van der Waals surface area contributed by atoms with Crippen LogP contribution in [0.4, 0.5) is 4.79 Å². The number of aliphatic imine (C=N–C) groups is 1. The van der Waals surface area contributed by atoms with Crippen molar-refractivity contribution >= 4 is 17.8 Å². The van der Waals surface area contributed by atoms with Gasteiger partial charge in [-0.25, -0.2) is 4.79 Å². The number of alkyl carbamates (subject to hydrolysis) is 1. The molecule has 0 radical (unpaired) electrons. The number of benzene rings is 2. The second-order valence-corrected chi connectivity index (χ2v) is 9.18. The van der Waals surface area contributed by atoms with Crippen molar-refractivity contribution in [3.8, 4) is 6.07 Å². The highest BCUT2D eigenvalue weighted by molar-refractivity contribution is 6.07. The SMILES string of the molecule is CCOC(=O)NC(=NC(CC(C)(C)C)C(=O)NC(C#N)CCc1ccccc1)c1ccccc1. The van der Waals surface area contributed by atoms with Crippen molar-refractivity contribution in [2.24, 2.45) is 10.4 Å². The molecule has 0 aliphatic carbocycles. The molecule has 2 aromatic rings. The normalized spacial score (nSPS) is 13.3. The number of carbonyl (C=O) groups is 2. The van der Waals surface area contributed by atoms with Gasteiger partial charge in [-0.15, -0.1) is 0 Å². The first-order valence-corrected chi connectivity index (χ1v) is 11.5. The van der Waals surface area contributed by atoms with Crippen LogP contribution in [0.2, 0.25) is 0 Å². The molecule has 34 heavy (non-hydrogen) atoms. The Labute approximate surface area is 202 Å². The third-order valence-electron chi connectivity index (χ3n) is 4.97. The van der Waals surface area contributed by atoms with Crippen LogP contribution in [-0.2, 0) is 16.0 Å². The number of nitriles is 1. The Morgan fingerprint density at radius 3 is 2.24 bits per heavy atom. The van der Waals surface area contributed by atoms with Crippen LogP contribution in [0, 0.1) is 16.7 Å². The summed E-state index contributed by atoms with van der Waals surface area (Å²) in [6.45, 7) is 7.97. The number of nitrogens with one attached hydrogen (secondary N) is 2. The smallest absolute Gasteiger partial charge is 0.412 e. The van der Waals surface area contributed by atoms with E-state index in [-0.39, 0.29) is 23.8 Å². The molecule has 2 rings (SSSR count). The van der Waals surface area contributed by atoms with Gasteiger partial charge in [0.25, 0.3) is 0 Å². The number of ether oxygens (including phenoxy) is 1. The fourth-order valence-electron chi connectivity index (χ4n) is 3.36. The van der Waals surface area contributed by atoms with Gasteiger partial charge in [0.05, 0.1) is 12.7 Å². The molecule has 0 heterocycles. The highest BCUT2D eigenvalue weighted by atomic mass is 16.5. The molecule has 7 heteroatoms. The monoisotopic (exact) mass is 462 g/mol. The molecule has 0 bridgehead atoms. The highest BCUT2D eigenvalue weighted by Gasteiger charge is 2.27. The first kappa shape index (κ1) is 26.6. The van der Waals surface area contributed by atoms with Gasteiger partial charge in [0, 0.05) is 5.56 Å². The summed E-state index contributed by atoms with van der Waals surface area (Å²) >= 11 is 0. The summed E-state index contributed by atoms with van der Waals surface area (Å²) in [5.74, 6) is -0.102. The van der Waals surface area contributed by atoms with Crippen LogP contribution < -0.4 is 10.6 Å². The van der Waals surface area contributed by atoms with Gasteiger partial charge < -0.3 is 10.1 Å². The molecule has 2 aromatic carbocycles. The Morgan fingerprint density at radius 1 is 1.06 bits per heavy atom. The van der Waals surface area contributed by atoms with E-state index in [1.54, 1.807) is 19.1 Å². The van der Waals surface area contributed by atoms with Gasteiger partial charge in [-0.3, -0.25) is 15.1 Å². The largest absolute Gasteiger partial charge is 0.450 e. The molecule has 2 amide bonds. The van der Waals surface area contributed by atoms with Crippen LogP contribution in [-0.4, -0.2) is 36.5 Å². The van der Waals surface area contributed by atoms with Crippen molar-refractivity contribution in [1.29, 1.82) is 5.26 Å². The lowest BCUT2D eigenvalue weighted by Gasteiger charge is -2.25. The van der Waals surface area contributed by atoms with E-state index in [1.807, 2.05) is 69.3 Å². The Morgan fingerprint density at radius 2 is 1.68 bits per heavy atom. The topological polar surface area (TPSA) is 104 Å². The molecule has 2 atom stereocenters. The molecular formula is C27H34N4O3. The van der Waals surface area contributed by atoms with Crippen molar-refractivity contribution in [2.45, 2.75) is 59.0 Å². The number of carbonyl (C=O) groups excluding carboxylic acids is 2. The van der Waals surface area contributed by atoms with E-state index < -0.39 is 18.2 Å². The van der Waals surface area contributed by atoms with E-state index in [0.29, 0.717) is 24.8 Å². The van der Waals surface area contributed by atoms with E-state index in [1.165, 1.54) is 0 Å². The molecule has 0 aliphatic heterocycles. The van der Waals surface area contributed by atoms with E-state index >= 15 is 0 Å². The molecule has 2 N–H and O–H groups in total. The minimum absolute atomic E-state index is 0.213. The molecule has 0 aliphatic rings. The number of hydrogen-bond acceptors (Lipinski definition) is 5. The van der Waals surface area contributed by atoms with Crippen LogP contribution in [0.1, 0.15) is 51.7 Å². The number of amidine groups is 1. The van der Waals surface area contributed by atoms with Gasteiger partial charge in [0.1, 0.15) is 17.9 Å². The van der Waals surface area contributed by atoms with Gasteiger partial charge in [-0.2, -0.15) is 5.26 Å². The number of aryl methyl sites for hydroxylation is 1. The van der Waals surface area contributed by atoms with Crippen LogP contribution >= 0.6 is 0 Å². The summed E-state index contributed by atoms with van der Waals surface area (Å²) in [6, 6.07) is 19.7. The molecule has 0 spiro atoms. The predicted molar refractivity (Wildman–Crippen MR) is 133 cm³/mol. The summed E-state index contributed by atoms with van der Waals surface area (Å²) in [4.78, 5) is 30.1. The number of amides is 2. The number of hydrogen-bond donors (Lipinski definition) is 2. The lowest BCUT2D eigenvalue weighted by molar-refractivity contribution is -0.123. The summed E-state index contributed by atoms with van der Waals surface area (Å²) in [5.41, 5.74) is 1.54. The Kier molecular flexibility index (Phi) is 10.3. The summed E-state index contributed by atoms with van der Waals surface area (Å²) in [5, 5.41) is 15.1. The quantitative estimate of drug-likeness (QED) is 0.419. The van der Waals surface area contributed by atoms with E-state index in [2.05, 4.69) is 21.7 Å². The molecular weight excluding hydrogens is 428 g/mol. The molecule has 0 fully saturated rings. The van der Waals surface area contributed by atoms with E-state index in [0.717, 1.165) is 5.56 Å². The van der Waals surface area contributed by atoms with Crippen molar-refractivity contribution in [3.05, 3.63) is 71.8 Å². The van der Waals surface area contributed by atoms with Gasteiger partial charge in [0.2, 0.25) is 5.91 Å². The van der Waals surface area contributed by atoms with Crippen LogP contribution in [0.25, 0.3) is 0 Å². The summed E-state index contributed by atoms with van der Waals surface area (Å²) in [6.07, 6.45) is 0.950. The van der Waals surface area contributed by atoms with Gasteiger partial charge in [-0.1, -0.05) is 81.4 Å². The fraction of sp³-hybridized carbons (Fsp3) is 0.407. The maximum Gasteiger partial charge on any atom is 0.412 e. The van der Waals surface area contributed by atoms with Crippen molar-refractivity contribution in [1.82, 2.24) is 10.6 Å². The molecule has 0 saturated heterocycles. The first-order chi connectivity index (χ1) is 16.2. The fourth-order valence-corrected chi connectivity index (χ4v) is 3.36. The lowest BCUT2D eigenvalue weighted by atomic mass is 9.87. The molecule has 0 saturated carbocycles. The molecule has 2 unspecified atom stereocenters. The molecule has 0 aromatic heterocycles. The zero-order valence-electron chi connectivity index (χ0n) is 20.4. The first-order valence-electron chi connectivity index (χ1n) is 11.5. The Hall–Kier alpha value is -3.66. The number of nitrogens with zero attached hydrogens (tertiary/aromatic N) is 2. The third kappa shape index (κ3) is 9.45. The van der Waals surface area contributed by atoms with Gasteiger partial charge in [-0.05, 0) is 37.2 Å². The zero-order valence-corrected chi connectivity index (χ0v) is 20.4. The maximum absolute atomic E-state index is 13.3. The average molecular weight is 463 g/mol. The summed E-state index contributed by atoms with van der Waals surface area (Å²) in [7, 11) is 0. The third-order valence-corrected chi connectivity index (χ3v) is 4.97. The van der Waals surface area contributed by atoms with Crippen LogP contribution in [0.5, 0.6) is 0 Å². The maximum atomic E-state index is 13.3. The predicted octanol–water partition coefficient (Wildman–Crippen LogP) is 4.63. The molecule has 7 nitrogen and oxygen atoms in total. The van der Waals surface area contributed by atoms with Crippen molar-refractivity contribution in [3.63, 3.8) is 0 Å². The van der Waals surface area contributed by atoms with Crippen LogP contribution in [0.15, 0.2) is 65.7 Å². The highest BCUT2D eigenvalue weighted by Crippen LogP contribution is 2.23. The summed E-state index contributed by atoms with van der Waals surface area (Å²) < 4.78 is 5.02. The van der Waals surface area contributed by atoms with E-state index in [9.17, 15) is 14.9 Å². The minimum atomic E-state index is -0.801. The van der Waals surface area contributed by atoms with E-state index in [4.69, 9.17) is 4.74 Å². The lowest BCUT2D eigenvalue weighted by Crippen LogP contribution is -2.43. The zero-order chi connectivity index (χ0) is 25.0.